The van der Waals surface area contributed by atoms with Crippen molar-refractivity contribution in [3.63, 3.8) is 0 Å². The van der Waals surface area contributed by atoms with Gasteiger partial charge in [0.1, 0.15) is 5.75 Å². The van der Waals surface area contributed by atoms with E-state index in [1.54, 1.807) is 11.8 Å². The standard InChI is InChI=1S/C26H29NO2S/c1-4-25(24-15-10-19(2)18-20(24)3)27-26(28)21-11-13-22(14-12-21)29-16-17-30-23-8-6-5-7-9-23/h5-15,18,25H,4,16-17H2,1-3H3,(H,27,28)/t25-/m0/s1. The second-order valence-corrected chi connectivity index (χ2v) is 8.50. The molecule has 1 N–H and O–H groups in total. The second-order valence-electron chi connectivity index (χ2n) is 7.33. The normalized spacial score (nSPS) is 11.7. The van der Waals surface area contributed by atoms with Crippen LogP contribution in [0.25, 0.3) is 0 Å². The summed E-state index contributed by atoms with van der Waals surface area (Å²) in [5.74, 6) is 1.59. The molecule has 0 bridgehead atoms. The Morgan fingerprint density at radius 3 is 2.40 bits per heavy atom. The number of hydrogen-bond donors (Lipinski definition) is 1. The molecule has 4 heteroatoms. The lowest BCUT2D eigenvalue weighted by Gasteiger charge is -2.20. The topological polar surface area (TPSA) is 38.3 Å². The van der Waals surface area contributed by atoms with Crippen LogP contribution in [-0.2, 0) is 0 Å². The van der Waals surface area contributed by atoms with Gasteiger partial charge < -0.3 is 10.1 Å². The molecule has 0 unspecified atom stereocenters. The van der Waals surface area contributed by atoms with Gasteiger partial charge in [-0.2, -0.15) is 0 Å². The summed E-state index contributed by atoms with van der Waals surface area (Å²) in [7, 11) is 0. The monoisotopic (exact) mass is 419 g/mol. The lowest BCUT2D eigenvalue weighted by Crippen LogP contribution is -2.28. The molecule has 0 fully saturated rings. The third-order valence-electron chi connectivity index (χ3n) is 4.99. The molecule has 30 heavy (non-hydrogen) atoms. The molecule has 0 spiro atoms. The summed E-state index contributed by atoms with van der Waals surface area (Å²) in [5, 5.41) is 3.17. The number of ether oxygens (including phenoxy) is 1. The van der Waals surface area contributed by atoms with Gasteiger partial charge >= 0.3 is 0 Å². The van der Waals surface area contributed by atoms with Gasteiger partial charge in [-0.05, 0) is 67.8 Å². The average Bonchev–Trinajstić information content (AvgIpc) is 2.76. The van der Waals surface area contributed by atoms with Gasteiger partial charge in [-0.25, -0.2) is 0 Å². The number of thioether (sulfide) groups is 1. The van der Waals surface area contributed by atoms with Crippen molar-refractivity contribution >= 4 is 17.7 Å². The minimum absolute atomic E-state index is 0.00374. The molecule has 1 atom stereocenters. The van der Waals surface area contributed by atoms with Crippen molar-refractivity contribution in [1.29, 1.82) is 0 Å². The average molecular weight is 420 g/mol. The molecule has 0 aliphatic heterocycles. The quantitative estimate of drug-likeness (QED) is 0.324. The smallest absolute Gasteiger partial charge is 0.251 e. The maximum Gasteiger partial charge on any atom is 0.251 e. The Bertz CT molecular complexity index is 955. The number of nitrogens with one attached hydrogen (secondary N) is 1. The van der Waals surface area contributed by atoms with E-state index in [9.17, 15) is 4.79 Å². The van der Waals surface area contributed by atoms with Gasteiger partial charge in [0.15, 0.2) is 0 Å². The van der Waals surface area contributed by atoms with Crippen LogP contribution < -0.4 is 10.1 Å². The first-order chi connectivity index (χ1) is 14.6. The number of carbonyl (C=O) groups is 1. The van der Waals surface area contributed by atoms with Crippen LogP contribution >= 0.6 is 11.8 Å². The molecule has 0 heterocycles. The summed E-state index contributed by atoms with van der Waals surface area (Å²) in [5.41, 5.74) is 4.26. The number of rotatable bonds is 9. The van der Waals surface area contributed by atoms with E-state index in [-0.39, 0.29) is 11.9 Å². The number of carbonyl (C=O) groups excluding carboxylic acids is 1. The first kappa shape index (κ1) is 22.0. The van der Waals surface area contributed by atoms with Crippen molar-refractivity contribution in [2.75, 3.05) is 12.4 Å². The van der Waals surface area contributed by atoms with Gasteiger partial charge in [0.2, 0.25) is 0 Å². The summed E-state index contributed by atoms with van der Waals surface area (Å²) >= 11 is 1.77. The number of hydrogen-bond acceptors (Lipinski definition) is 3. The molecule has 0 saturated carbocycles. The first-order valence-electron chi connectivity index (χ1n) is 10.4. The molecule has 1 amide bonds. The fourth-order valence-corrected chi connectivity index (χ4v) is 4.15. The molecular weight excluding hydrogens is 390 g/mol. The molecule has 3 nitrogen and oxygen atoms in total. The van der Waals surface area contributed by atoms with Gasteiger partial charge in [-0.1, -0.05) is 48.9 Å². The molecule has 0 aliphatic rings. The number of aryl methyl sites for hydroxylation is 2. The van der Waals surface area contributed by atoms with E-state index >= 15 is 0 Å². The van der Waals surface area contributed by atoms with E-state index in [4.69, 9.17) is 4.74 Å². The van der Waals surface area contributed by atoms with E-state index < -0.39 is 0 Å². The van der Waals surface area contributed by atoms with Crippen LogP contribution in [0.3, 0.4) is 0 Å². The Kier molecular flexibility index (Phi) is 7.97. The van der Waals surface area contributed by atoms with E-state index in [0.29, 0.717) is 12.2 Å². The maximum atomic E-state index is 12.7. The van der Waals surface area contributed by atoms with Crippen molar-refractivity contribution in [3.8, 4) is 5.75 Å². The fourth-order valence-electron chi connectivity index (χ4n) is 3.40. The molecule has 156 valence electrons. The van der Waals surface area contributed by atoms with E-state index in [1.807, 2.05) is 42.5 Å². The van der Waals surface area contributed by atoms with Gasteiger partial charge in [0.25, 0.3) is 5.91 Å². The van der Waals surface area contributed by atoms with Crippen LogP contribution in [0.1, 0.15) is 46.4 Å². The van der Waals surface area contributed by atoms with Crippen molar-refractivity contribution < 1.29 is 9.53 Å². The van der Waals surface area contributed by atoms with Crippen molar-refractivity contribution in [1.82, 2.24) is 5.32 Å². The Labute approximate surface area is 183 Å². The summed E-state index contributed by atoms with van der Waals surface area (Å²) in [6, 6.07) is 24.0. The maximum absolute atomic E-state index is 12.7. The third kappa shape index (κ3) is 6.14. The first-order valence-corrected chi connectivity index (χ1v) is 11.3. The molecule has 3 rings (SSSR count). The molecule has 0 aliphatic carbocycles. The van der Waals surface area contributed by atoms with Gasteiger partial charge in [-0.3, -0.25) is 4.79 Å². The van der Waals surface area contributed by atoms with Crippen molar-refractivity contribution in [2.45, 2.75) is 38.1 Å². The minimum atomic E-state index is -0.0620. The van der Waals surface area contributed by atoms with Gasteiger partial charge in [0, 0.05) is 16.2 Å². The summed E-state index contributed by atoms with van der Waals surface area (Å²) < 4.78 is 5.81. The SMILES string of the molecule is CC[C@H](NC(=O)c1ccc(OCCSc2ccccc2)cc1)c1ccc(C)cc1C. The molecule has 3 aromatic rings. The summed E-state index contributed by atoms with van der Waals surface area (Å²) in [4.78, 5) is 14.0. The van der Waals surface area contributed by atoms with Crippen LogP contribution in [0.4, 0.5) is 0 Å². The largest absolute Gasteiger partial charge is 0.493 e. The van der Waals surface area contributed by atoms with Crippen molar-refractivity contribution in [3.05, 3.63) is 95.1 Å². The zero-order valence-electron chi connectivity index (χ0n) is 17.9. The van der Waals surface area contributed by atoms with Gasteiger partial charge in [0.05, 0.1) is 12.6 Å². The van der Waals surface area contributed by atoms with Crippen LogP contribution in [0.5, 0.6) is 5.75 Å². The van der Waals surface area contributed by atoms with Crippen LogP contribution in [0.2, 0.25) is 0 Å². The zero-order valence-corrected chi connectivity index (χ0v) is 18.7. The Balaban J connectivity index is 1.52. The summed E-state index contributed by atoms with van der Waals surface area (Å²) in [6.45, 7) is 6.89. The molecule has 0 aromatic heterocycles. The highest BCUT2D eigenvalue weighted by atomic mass is 32.2. The van der Waals surface area contributed by atoms with Crippen LogP contribution in [-0.4, -0.2) is 18.3 Å². The van der Waals surface area contributed by atoms with Crippen LogP contribution in [0.15, 0.2) is 77.7 Å². The van der Waals surface area contributed by atoms with E-state index in [0.717, 1.165) is 17.9 Å². The molecule has 0 radical (unpaired) electrons. The predicted octanol–water partition coefficient (Wildman–Crippen LogP) is 6.36. The Morgan fingerprint density at radius 2 is 1.73 bits per heavy atom. The third-order valence-corrected chi connectivity index (χ3v) is 5.97. The van der Waals surface area contributed by atoms with Crippen molar-refractivity contribution in [2.24, 2.45) is 0 Å². The lowest BCUT2D eigenvalue weighted by molar-refractivity contribution is 0.0935. The zero-order chi connectivity index (χ0) is 21.3. The minimum Gasteiger partial charge on any atom is -0.493 e. The highest BCUT2D eigenvalue weighted by molar-refractivity contribution is 7.99. The predicted molar refractivity (Wildman–Crippen MR) is 126 cm³/mol. The molecule has 3 aromatic carbocycles. The fraction of sp³-hybridized carbons (Fsp3) is 0.269. The lowest BCUT2D eigenvalue weighted by atomic mass is 9.97. The highest BCUT2D eigenvalue weighted by Gasteiger charge is 2.16. The Morgan fingerprint density at radius 1 is 1.00 bits per heavy atom. The van der Waals surface area contributed by atoms with E-state index in [1.165, 1.54) is 21.6 Å². The number of benzene rings is 3. The molecular formula is C26H29NO2S. The highest BCUT2D eigenvalue weighted by Crippen LogP contribution is 2.23. The Hall–Kier alpha value is -2.72. The summed E-state index contributed by atoms with van der Waals surface area (Å²) in [6.07, 6.45) is 0.843. The second kappa shape index (κ2) is 10.9. The van der Waals surface area contributed by atoms with E-state index in [2.05, 4.69) is 56.4 Å². The molecule has 0 saturated heterocycles. The number of amides is 1. The van der Waals surface area contributed by atoms with Gasteiger partial charge in [-0.15, -0.1) is 11.8 Å². The van der Waals surface area contributed by atoms with Crippen LogP contribution in [0, 0.1) is 13.8 Å².